The zero-order valence-electron chi connectivity index (χ0n) is 15.3. The van der Waals surface area contributed by atoms with E-state index in [1.165, 1.54) is 0 Å². The summed E-state index contributed by atoms with van der Waals surface area (Å²) in [7, 11) is -5.01. The molecule has 2 aromatic rings. The van der Waals surface area contributed by atoms with Crippen LogP contribution in [0.15, 0.2) is 24.3 Å². The summed E-state index contributed by atoms with van der Waals surface area (Å²) in [6, 6.07) is 7.55. The smallest absolute Gasteiger partial charge is 0.0991 e. The Labute approximate surface area is 109 Å². The first-order chi connectivity index (χ1) is 10.7. The van der Waals surface area contributed by atoms with E-state index in [1.54, 1.807) is 0 Å². The number of aryl methyl sites for hydroxylation is 1. The van der Waals surface area contributed by atoms with Crippen LogP contribution in [0.25, 0.3) is 10.9 Å². The van der Waals surface area contributed by atoms with Crippen LogP contribution in [0.3, 0.4) is 0 Å². The summed E-state index contributed by atoms with van der Waals surface area (Å²) in [4.78, 5) is 0. The standard InChI is InChI=1S/C14H17NO2/c1-16-9-11-10-5-3-4-6-12(10)15-8-7-13(17-2)14(11)15/h3-6,13H,7-9H2,1-2H3/i1D3,2D3. The number of rotatable bonds is 3. The van der Waals surface area contributed by atoms with Gasteiger partial charge in [0.2, 0.25) is 0 Å². The summed E-state index contributed by atoms with van der Waals surface area (Å²) in [5, 5.41) is 0.866. The lowest BCUT2D eigenvalue weighted by molar-refractivity contribution is 0.102. The number of nitrogens with zero attached hydrogens (tertiary/aromatic N) is 1. The predicted octanol–water partition coefficient (Wildman–Crippen LogP) is 2.88. The van der Waals surface area contributed by atoms with E-state index in [4.69, 9.17) is 17.7 Å². The van der Waals surface area contributed by atoms with Gasteiger partial charge in [0, 0.05) is 37.1 Å². The number of hydrogen-bond donors (Lipinski definition) is 0. The van der Waals surface area contributed by atoms with Crippen LogP contribution in [0.4, 0.5) is 0 Å². The minimum Gasteiger partial charge on any atom is -0.380 e. The van der Waals surface area contributed by atoms with Gasteiger partial charge in [0.15, 0.2) is 0 Å². The molecule has 0 radical (unpaired) electrons. The van der Waals surface area contributed by atoms with Crippen molar-refractivity contribution in [2.75, 3.05) is 14.1 Å². The largest absolute Gasteiger partial charge is 0.380 e. The molecule has 1 aromatic heterocycles. The molecule has 1 aliphatic heterocycles. The molecule has 3 heteroatoms. The van der Waals surface area contributed by atoms with Crippen molar-refractivity contribution in [1.82, 2.24) is 4.57 Å². The third-order valence-electron chi connectivity index (χ3n) is 3.40. The second kappa shape index (κ2) is 4.17. The lowest BCUT2D eigenvalue weighted by Crippen LogP contribution is -2.01. The van der Waals surface area contributed by atoms with Gasteiger partial charge in [0.1, 0.15) is 0 Å². The van der Waals surface area contributed by atoms with Crippen LogP contribution in [0, 0.1) is 0 Å². The van der Waals surface area contributed by atoms with Gasteiger partial charge in [-0.15, -0.1) is 0 Å². The van der Waals surface area contributed by atoms with Crippen molar-refractivity contribution >= 4 is 10.9 Å². The lowest BCUT2D eigenvalue weighted by atomic mass is 10.1. The normalized spacial score (nSPS) is 25.5. The van der Waals surface area contributed by atoms with Gasteiger partial charge in [-0.25, -0.2) is 0 Å². The average Bonchev–Trinajstić information content (AvgIpc) is 2.93. The van der Waals surface area contributed by atoms with Crippen LogP contribution < -0.4 is 0 Å². The SMILES string of the molecule is [2H]C([2H])([2H])OCc1c2n(c3ccccc13)CCC2OC([2H])([2H])[2H]. The van der Waals surface area contributed by atoms with E-state index in [1.807, 2.05) is 28.8 Å². The Balaban J connectivity index is 2.05. The molecule has 0 saturated carbocycles. The molecule has 0 saturated heterocycles. The molecule has 1 atom stereocenters. The van der Waals surface area contributed by atoms with Crippen molar-refractivity contribution in [2.45, 2.75) is 25.7 Å². The Morgan fingerprint density at radius 1 is 1.41 bits per heavy atom. The Bertz CT molecular complexity index is 718. The minimum atomic E-state index is -2.51. The third kappa shape index (κ3) is 1.50. The molecule has 1 aliphatic rings. The highest BCUT2D eigenvalue weighted by atomic mass is 16.5. The number of hydrogen-bond acceptors (Lipinski definition) is 2. The first-order valence-corrected chi connectivity index (χ1v) is 5.57. The van der Waals surface area contributed by atoms with Crippen LogP contribution in [-0.2, 0) is 22.6 Å². The Hall–Kier alpha value is -1.32. The summed E-state index contributed by atoms with van der Waals surface area (Å²) in [5.41, 5.74) is 2.32. The first kappa shape index (κ1) is 6.03. The van der Waals surface area contributed by atoms with E-state index in [0.29, 0.717) is 24.2 Å². The first-order valence-electron chi connectivity index (χ1n) is 8.57. The number of methoxy groups -OCH3 is 2. The van der Waals surface area contributed by atoms with Crippen LogP contribution in [0.2, 0.25) is 0 Å². The van der Waals surface area contributed by atoms with Crippen molar-refractivity contribution in [3.05, 3.63) is 35.5 Å². The molecule has 3 rings (SSSR count). The average molecular weight is 237 g/mol. The summed E-state index contributed by atoms with van der Waals surface area (Å²) >= 11 is 0. The van der Waals surface area contributed by atoms with Gasteiger partial charge in [-0.1, -0.05) is 18.2 Å². The quantitative estimate of drug-likeness (QED) is 0.819. The summed E-state index contributed by atoms with van der Waals surface area (Å²) in [6.07, 6.45) is -0.0515. The molecular formula is C14H17NO2. The van der Waals surface area contributed by atoms with Gasteiger partial charge in [-0.2, -0.15) is 0 Å². The molecule has 0 aliphatic carbocycles. The van der Waals surface area contributed by atoms with Gasteiger partial charge < -0.3 is 14.0 Å². The molecule has 0 N–H and O–H groups in total. The van der Waals surface area contributed by atoms with Crippen LogP contribution >= 0.6 is 0 Å². The molecule has 1 unspecified atom stereocenters. The van der Waals surface area contributed by atoms with E-state index in [-0.39, 0.29) is 6.61 Å². The summed E-state index contributed by atoms with van der Waals surface area (Å²) in [5.74, 6) is 0. The molecule has 2 heterocycles. The number of aromatic nitrogens is 1. The highest BCUT2D eigenvalue weighted by Crippen LogP contribution is 2.38. The van der Waals surface area contributed by atoms with E-state index in [2.05, 4.69) is 0 Å². The van der Waals surface area contributed by atoms with Crippen molar-refractivity contribution in [2.24, 2.45) is 0 Å². The molecule has 0 spiro atoms. The number of ether oxygens (including phenoxy) is 2. The zero-order valence-corrected chi connectivity index (χ0v) is 9.27. The number of benzene rings is 1. The van der Waals surface area contributed by atoms with Gasteiger partial charge >= 0.3 is 0 Å². The lowest BCUT2D eigenvalue weighted by Gasteiger charge is -2.10. The monoisotopic (exact) mass is 237 g/mol. The van der Waals surface area contributed by atoms with Crippen LogP contribution in [-0.4, -0.2) is 18.6 Å². The topological polar surface area (TPSA) is 23.4 Å². The molecule has 3 nitrogen and oxygen atoms in total. The summed E-state index contributed by atoms with van der Waals surface area (Å²) in [6.45, 7) is 0.518. The zero-order chi connectivity index (χ0) is 16.8. The van der Waals surface area contributed by atoms with E-state index in [0.717, 1.165) is 10.9 Å². The van der Waals surface area contributed by atoms with E-state index in [9.17, 15) is 0 Å². The van der Waals surface area contributed by atoms with Gasteiger partial charge in [0.05, 0.1) is 26.6 Å². The second-order valence-electron chi connectivity index (χ2n) is 4.22. The van der Waals surface area contributed by atoms with Crippen molar-refractivity contribution < 1.29 is 17.7 Å². The molecule has 0 bridgehead atoms. The highest BCUT2D eigenvalue weighted by Gasteiger charge is 2.28. The molecule has 90 valence electrons. The summed E-state index contributed by atoms with van der Waals surface area (Å²) < 4.78 is 55.8. The third-order valence-corrected chi connectivity index (χ3v) is 3.40. The number of fused-ring (bicyclic) bond motifs is 3. The van der Waals surface area contributed by atoms with Crippen molar-refractivity contribution in [1.29, 1.82) is 0 Å². The van der Waals surface area contributed by atoms with Gasteiger partial charge in [-0.05, 0) is 12.5 Å². The Morgan fingerprint density at radius 3 is 3.24 bits per heavy atom. The Kier molecular flexibility index (Phi) is 1.48. The molecule has 0 fully saturated rings. The fourth-order valence-corrected chi connectivity index (χ4v) is 2.73. The van der Waals surface area contributed by atoms with E-state index >= 15 is 0 Å². The van der Waals surface area contributed by atoms with Crippen LogP contribution in [0.1, 0.15) is 32.0 Å². The highest BCUT2D eigenvalue weighted by molar-refractivity contribution is 5.86. The number of para-hydroxylation sites is 1. The molecule has 1 aromatic carbocycles. The van der Waals surface area contributed by atoms with Gasteiger partial charge in [0.25, 0.3) is 0 Å². The fraction of sp³-hybridized carbons (Fsp3) is 0.429. The van der Waals surface area contributed by atoms with Gasteiger partial charge in [-0.3, -0.25) is 0 Å². The fourth-order valence-electron chi connectivity index (χ4n) is 2.73. The predicted molar refractivity (Wildman–Crippen MR) is 67.0 cm³/mol. The molecule has 17 heavy (non-hydrogen) atoms. The maximum atomic E-state index is 7.32. The molecule has 0 amide bonds. The van der Waals surface area contributed by atoms with Crippen molar-refractivity contribution in [3.63, 3.8) is 0 Å². The minimum absolute atomic E-state index is 0.111. The Morgan fingerprint density at radius 2 is 2.35 bits per heavy atom. The van der Waals surface area contributed by atoms with Crippen molar-refractivity contribution in [3.8, 4) is 0 Å². The maximum absolute atomic E-state index is 7.32. The van der Waals surface area contributed by atoms with E-state index < -0.39 is 20.2 Å². The maximum Gasteiger partial charge on any atom is 0.0991 e. The molecular weight excluding hydrogens is 214 g/mol. The second-order valence-corrected chi connectivity index (χ2v) is 4.22. The van der Waals surface area contributed by atoms with Crippen LogP contribution in [0.5, 0.6) is 0 Å².